The van der Waals surface area contributed by atoms with Crippen molar-refractivity contribution in [2.45, 2.75) is 53.1 Å². The van der Waals surface area contributed by atoms with Crippen molar-refractivity contribution in [3.8, 4) is 0 Å². The molecule has 1 rings (SSSR count). The molecule has 0 aromatic rings. The van der Waals surface area contributed by atoms with Gasteiger partial charge in [-0.15, -0.1) is 0 Å². The summed E-state index contributed by atoms with van der Waals surface area (Å²) in [6.45, 7) is 8.24. The van der Waals surface area contributed by atoms with Crippen molar-refractivity contribution in [3.63, 3.8) is 0 Å². The first-order valence-electron chi connectivity index (χ1n) is 6.68. The average molecular weight is 264 g/mol. The lowest BCUT2D eigenvalue weighted by Gasteiger charge is -2.00. The van der Waals surface area contributed by atoms with E-state index in [0.29, 0.717) is 6.10 Å². The third-order valence-corrected chi connectivity index (χ3v) is 3.10. The lowest BCUT2D eigenvalue weighted by molar-refractivity contribution is -0.134. The molecule has 0 aromatic heterocycles. The van der Waals surface area contributed by atoms with E-state index < -0.39 is 0 Å². The minimum absolute atomic E-state index is 0.280. The van der Waals surface area contributed by atoms with Crippen molar-refractivity contribution in [2.75, 3.05) is 7.11 Å². The monoisotopic (exact) mass is 264 g/mol. The summed E-state index contributed by atoms with van der Waals surface area (Å²) in [7, 11) is 1.40. The molecule has 0 radical (unpaired) electrons. The SMILES string of the molecule is COC(=O)C=C(C)CCC=C(C)CC1OC1=C(C)C. The number of hydrogen-bond donors (Lipinski definition) is 0. The van der Waals surface area contributed by atoms with Gasteiger partial charge in [-0.3, -0.25) is 0 Å². The van der Waals surface area contributed by atoms with Crippen LogP contribution in [0.4, 0.5) is 0 Å². The van der Waals surface area contributed by atoms with Gasteiger partial charge in [-0.2, -0.15) is 0 Å². The summed E-state index contributed by atoms with van der Waals surface area (Å²) in [5.74, 6) is 0.868. The van der Waals surface area contributed by atoms with Gasteiger partial charge >= 0.3 is 5.97 Å². The van der Waals surface area contributed by atoms with E-state index in [9.17, 15) is 4.79 Å². The smallest absolute Gasteiger partial charge is 0.330 e. The zero-order chi connectivity index (χ0) is 14.4. The Morgan fingerprint density at radius 1 is 1.26 bits per heavy atom. The standard InChI is InChI=1S/C16H24O3/c1-11(2)16-14(19-16)9-12(3)7-6-8-13(4)10-15(17)18-5/h7,10,14H,6,8-9H2,1-5H3. The first-order chi connectivity index (χ1) is 8.93. The van der Waals surface area contributed by atoms with Crippen molar-refractivity contribution < 1.29 is 14.3 Å². The van der Waals surface area contributed by atoms with Gasteiger partial charge in [-0.25, -0.2) is 4.79 Å². The van der Waals surface area contributed by atoms with Crippen molar-refractivity contribution in [2.24, 2.45) is 0 Å². The summed E-state index contributed by atoms with van der Waals surface area (Å²) in [5.41, 5.74) is 3.66. The molecule has 1 aliphatic heterocycles. The van der Waals surface area contributed by atoms with Crippen LogP contribution >= 0.6 is 0 Å². The van der Waals surface area contributed by atoms with E-state index in [2.05, 4.69) is 31.6 Å². The molecule has 1 atom stereocenters. The van der Waals surface area contributed by atoms with Gasteiger partial charge in [-0.05, 0) is 46.1 Å². The number of ether oxygens (including phenoxy) is 2. The highest BCUT2D eigenvalue weighted by atomic mass is 16.6. The highest BCUT2D eigenvalue weighted by Crippen LogP contribution is 2.35. The Morgan fingerprint density at radius 3 is 2.47 bits per heavy atom. The van der Waals surface area contributed by atoms with Gasteiger partial charge in [0.25, 0.3) is 0 Å². The maximum Gasteiger partial charge on any atom is 0.330 e. The first-order valence-corrected chi connectivity index (χ1v) is 6.68. The highest BCUT2D eigenvalue weighted by Gasteiger charge is 2.33. The van der Waals surface area contributed by atoms with Gasteiger partial charge in [0.1, 0.15) is 5.76 Å². The topological polar surface area (TPSA) is 38.8 Å². The fourth-order valence-electron chi connectivity index (χ4n) is 1.95. The fraction of sp³-hybridized carbons (Fsp3) is 0.562. The number of rotatable bonds is 6. The summed E-state index contributed by atoms with van der Waals surface area (Å²) >= 11 is 0. The molecule has 1 saturated heterocycles. The average Bonchev–Trinajstić information content (AvgIpc) is 3.08. The van der Waals surface area contributed by atoms with E-state index in [4.69, 9.17) is 4.74 Å². The van der Waals surface area contributed by atoms with Crippen LogP contribution in [-0.2, 0) is 14.3 Å². The number of esters is 1. The highest BCUT2D eigenvalue weighted by molar-refractivity contribution is 5.82. The van der Waals surface area contributed by atoms with Crippen LogP contribution in [0.1, 0.15) is 47.0 Å². The Bertz CT molecular complexity index is 423. The maximum absolute atomic E-state index is 11.0. The van der Waals surface area contributed by atoms with Gasteiger partial charge < -0.3 is 9.47 Å². The van der Waals surface area contributed by atoms with Crippen LogP contribution in [0.15, 0.2) is 34.6 Å². The second-order valence-corrected chi connectivity index (χ2v) is 5.28. The normalized spacial score (nSPS) is 19.0. The predicted molar refractivity (Wildman–Crippen MR) is 76.6 cm³/mol. The van der Waals surface area contributed by atoms with Gasteiger partial charge in [0.05, 0.1) is 7.11 Å². The minimum Gasteiger partial charge on any atom is -0.483 e. The molecule has 0 aliphatic carbocycles. The van der Waals surface area contributed by atoms with E-state index >= 15 is 0 Å². The molecule has 0 N–H and O–H groups in total. The number of methoxy groups -OCH3 is 1. The predicted octanol–water partition coefficient (Wildman–Crippen LogP) is 3.92. The van der Waals surface area contributed by atoms with Gasteiger partial charge in [-0.1, -0.05) is 17.2 Å². The van der Waals surface area contributed by atoms with E-state index in [-0.39, 0.29) is 5.97 Å². The van der Waals surface area contributed by atoms with Gasteiger partial charge in [0, 0.05) is 12.5 Å². The molecule has 19 heavy (non-hydrogen) atoms. The molecular weight excluding hydrogens is 240 g/mol. The molecule has 106 valence electrons. The second kappa shape index (κ2) is 7.17. The molecule has 3 heteroatoms. The largest absolute Gasteiger partial charge is 0.483 e. The summed E-state index contributed by atoms with van der Waals surface area (Å²) in [6, 6.07) is 0. The lowest BCUT2D eigenvalue weighted by atomic mass is 10.1. The molecule has 1 fully saturated rings. The van der Waals surface area contributed by atoms with Crippen molar-refractivity contribution in [1.29, 1.82) is 0 Å². The Morgan fingerprint density at radius 2 is 1.95 bits per heavy atom. The molecule has 0 aromatic carbocycles. The van der Waals surface area contributed by atoms with Crippen LogP contribution in [0.5, 0.6) is 0 Å². The van der Waals surface area contributed by atoms with Crippen molar-refractivity contribution >= 4 is 5.97 Å². The molecule has 1 aliphatic rings. The van der Waals surface area contributed by atoms with Crippen LogP contribution < -0.4 is 0 Å². The summed E-state index contributed by atoms with van der Waals surface area (Å²) in [6.07, 6.45) is 6.87. The van der Waals surface area contributed by atoms with Crippen molar-refractivity contribution in [1.82, 2.24) is 0 Å². The number of hydrogen-bond acceptors (Lipinski definition) is 3. The van der Waals surface area contributed by atoms with Crippen LogP contribution in [0.25, 0.3) is 0 Å². The van der Waals surface area contributed by atoms with Crippen LogP contribution in [-0.4, -0.2) is 19.2 Å². The third kappa shape index (κ3) is 5.77. The number of allylic oxidation sites excluding steroid dienone is 3. The molecule has 1 unspecified atom stereocenters. The number of carbonyl (C=O) groups is 1. The molecule has 0 amide bonds. The lowest BCUT2D eigenvalue weighted by Crippen LogP contribution is -1.95. The zero-order valence-electron chi connectivity index (χ0n) is 12.6. The second-order valence-electron chi connectivity index (χ2n) is 5.28. The molecule has 0 bridgehead atoms. The van der Waals surface area contributed by atoms with Gasteiger partial charge in [0.2, 0.25) is 0 Å². The first kappa shape index (κ1) is 15.5. The van der Waals surface area contributed by atoms with Crippen LogP contribution in [0.2, 0.25) is 0 Å². The Labute approximate surface area is 116 Å². The molecule has 0 saturated carbocycles. The quantitative estimate of drug-likeness (QED) is 0.316. The van der Waals surface area contributed by atoms with E-state index in [1.807, 2.05) is 6.92 Å². The number of carbonyl (C=O) groups excluding carboxylic acids is 1. The minimum atomic E-state index is -0.280. The Balaban J connectivity index is 2.31. The van der Waals surface area contributed by atoms with Crippen molar-refractivity contribution in [3.05, 3.63) is 34.6 Å². The zero-order valence-corrected chi connectivity index (χ0v) is 12.6. The van der Waals surface area contributed by atoms with E-state index in [1.54, 1.807) is 6.08 Å². The molecular formula is C16H24O3. The summed E-state index contributed by atoms with van der Waals surface area (Å²) < 4.78 is 10.1. The maximum atomic E-state index is 11.0. The van der Waals surface area contributed by atoms with Crippen LogP contribution in [0.3, 0.4) is 0 Å². The van der Waals surface area contributed by atoms with Crippen LogP contribution in [0, 0.1) is 0 Å². The van der Waals surface area contributed by atoms with E-state index in [1.165, 1.54) is 18.3 Å². The molecule has 0 spiro atoms. The Hall–Kier alpha value is -1.51. The third-order valence-electron chi connectivity index (χ3n) is 3.10. The fourth-order valence-corrected chi connectivity index (χ4v) is 1.95. The molecule has 1 heterocycles. The molecule has 3 nitrogen and oxygen atoms in total. The summed E-state index contributed by atoms with van der Waals surface area (Å²) in [5, 5.41) is 0. The Kier molecular flexibility index (Phi) is 5.87. The van der Waals surface area contributed by atoms with Gasteiger partial charge in [0.15, 0.2) is 6.10 Å². The van der Waals surface area contributed by atoms with E-state index in [0.717, 1.165) is 30.6 Å². The summed E-state index contributed by atoms with van der Waals surface area (Å²) in [4.78, 5) is 11.0. The number of epoxide rings is 1.